The third kappa shape index (κ3) is 5.44. The molecule has 1 fully saturated rings. The number of aliphatic hydroxyl groups excluding tert-OH is 1. The first-order valence-corrected chi connectivity index (χ1v) is 9.00. The maximum absolute atomic E-state index is 12.6. The molecule has 0 spiro atoms. The van der Waals surface area contributed by atoms with Gasteiger partial charge in [-0.2, -0.15) is 0 Å². The molecule has 0 aromatic heterocycles. The first-order chi connectivity index (χ1) is 10.8. The van der Waals surface area contributed by atoms with Crippen molar-refractivity contribution >= 4 is 5.97 Å². The zero-order valence-electron chi connectivity index (χ0n) is 15.4. The van der Waals surface area contributed by atoms with Crippen molar-refractivity contribution in [3.05, 3.63) is 0 Å². The third-order valence-corrected chi connectivity index (χ3v) is 4.72. The summed E-state index contributed by atoms with van der Waals surface area (Å²) >= 11 is 0. The Balaban J connectivity index is 2.50. The van der Waals surface area contributed by atoms with Gasteiger partial charge in [0.15, 0.2) is 0 Å². The number of carbonyl (C=O) groups is 1. The first kappa shape index (κ1) is 20.4. The Hall–Kier alpha value is -0.650. The normalized spacial score (nSPS) is 25.7. The van der Waals surface area contributed by atoms with Crippen molar-refractivity contribution in [1.29, 1.82) is 0 Å². The van der Waals surface area contributed by atoms with Crippen LogP contribution in [0.5, 0.6) is 0 Å². The summed E-state index contributed by atoms with van der Waals surface area (Å²) < 4.78 is 5.76. The molecule has 1 N–H and O–H groups in total. The summed E-state index contributed by atoms with van der Waals surface area (Å²) in [4.78, 5) is 23.0. The molecule has 0 aromatic carbocycles. The molecule has 0 amide bonds. The smallest absolute Gasteiger partial charge is 0.345 e. The van der Waals surface area contributed by atoms with Crippen molar-refractivity contribution in [1.82, 2.24) is 0 Å². The van der Waals surface area contributed by atoms with Gasteiger partial charge in [-0.25, -0.2) is 14.6 Å². The quantitative estimate of drug-likeness (QED) is 0.461. The minimum Gasteiger partial charge on any atom is -0.457 e. The van der Waals surface area contributed by atoms with Gasteiger partial charge in [-0.15, -0.1) is 0 Å². The summed E-state index contributed by atoms with van der Waals surface area (Å²) in [7, 11) is 0. The highest BCUT2D eigenvalue weighted by molar-refractivity contribution is 5.81. The fourth-order valence-corrected chi connectivity index (χ4v) is 3.00. The molecule has 3 atom stereocenters. The van der Waals surface area contributed by atoms with E-state index in [4.69, 9.17) is 19.6 Å². The van der Waals surface area contributed by atoms with Gasteiger partial charge >= 0.3 is 5.97 Å². The lowest BCUT2D eigenvalue weighted by Crippen LogP contribution is -2.62. The largest absolute Gasteiger partial charge is 0.457 e. The van der Waals surface area contributed by atoms with Gasteiger partial charge in [0.2, 0.25) is 5.60 Å². The fraction of sp³-hybridized carbons (Fsp3) is 0.944. The van der Waals surface area contributed by atoms with E-state index in [9.17, 15) is 4.79 Å². The van der Waals surface area contributed by atoms with Crippen molar-refractivity contribution < 1.29 is 24.4 Å². The van der Waals surface area contributed by atoms with Crippen LogP contribution in [0.25, 0.3) is 0 Å². The van der Waals surface area contributed by atoms with Crippen molar-refractivity contribution in [3.63, 3.8) is 0 Å². The third-order valence-electron chi connectivity index (χ3n) is 4.72. The monoisotopic (exact) mass is 330 g/mol. The van der Waals surface area contributed by atoms with Crippen molar-refractivity contribution in [2.45, 2.75) is 96.9 Å². The molecule has 136 valence electrons. The molecule has 1 saturated heterocycles. The maximum atomic E-state index is 12.6. The standard InChI is InChI=1S/C18H34O5/c1-6-9-15-18(7-2,23-22-15)16(20)21-17(4,5)12-8-10-14(3)11-13-19/h14-15,19H,6-13H2,1-5H3. The van der Waals surface area contributed by atoms with Crippen LogP contribution in [0.3, 0.4) is 0 Å². The molecule has 1 aliphatic heterocycles. The minimum atomic E-state index is -0.933. The molecule has 0 bridgehead atoms. The number of hydrogen-bond acceptors (Lipinski definition) is 5. The zero-order chi connectivity index (χ0) is 17.5. The van der Waals surface area contributed by atoms with Crippen LogP contribution in [-0.4, -0.2) is 35.0 Å². The molecular weight excluding hydrogens is 296 g/mol. The molecule has 5 heteroatoms. The molecule has 1 rings (SSSR count). The Morgan fingerprint density at radius 3 is 2.52 bits per heavy atom. The van der Waals surface area contributed by atoms with Gasteiger partial charge < -0.3 is 9.84 Å². The summed E-state index contributed by atoms with van der Waals surface area (Å²) in [6, 6.07) is 0. The second kappa shape index (κ2) is 9.00. The Bertz CT molecular complexity index is 364. The molecule has 0 aromatic rings. The van der Waals surface area contributed by atoms with E-state index in [0.29, 0.717) is 12.3 Å². The van der Waals surface area contributed by atoms with Crippen molar-refractivity contribution in [2.24, 2.45) is 5.92 Å². The molecule has 23 heavy (non-hydrogen) atoms. The van der Waals surface area contributed by atoms with Crippen LogP contribution in [0.15, 0.2) is 0 Å². The summed E-state index contributed by atoms with van der Waals surface area (Å²) in [6.45, 7) is 10.2. The second-order valence-corrected chi connectivity index (χ2v) is 7.36. The minimum absolute atomic E-state index is 0.203. The SMILES string of the molecule is CCCC1OOC1(CC)C(=O)OC(C)(C)CCCC(C)CCO. The van der Waals surface area contributed by atoms with Gasteiger partial charge in [0.25, 0.3) is 0 Å². The van der Waals surface area contributed by atoms with Crippen LogP contribution < -0.4 is 0 Å². The van der Waals surface area contributed by atoms with E-state index in [2.05, 4.69) is 13.8 Å². The molecular formula is C18H34O5. The predicted octanol–water partition coefficient (Wildman–Crippen LogP) is 3.78. The molecule has 1 heterocycles. The van der Waals surface area contributed by atoms with Crippen molar-refractivity contribution in [3.8, 4) is 0 Å². The number of carbonyl (C=O) groups excluding carboxylic acids is 1. The highest BCUT2D eigenvalue weighted by Crippen LogP contribution is 2.39. The van der Waals surface area contributed by atoms with E-state index < -0.39 is 11.2 Å². The van der Waals surface area contributed by atoms with Gasteiger partial charge in [0, 0.05) is 6.61 Å². The van der Waals surface area contributed by atoms with E-state index >= 15 is 0 Å². The average Bonchev–Trinajstić information content (AvgIpc) is 2.44. The lowest BCUT2D eigenvalue weighted by Gasteiger charge is -2.45. The lowest BCUT2D eigenvalue weighted by molar-refractivity contribution is -0.499. The van der Waals surface area contributed by atoms with Crippen molar-refractivity contribution in [2.75, 3.05) is 6.61 Å². The summed E-state index contributed by atoms with van der Waals surface area (Å²) in [6.07, 6.45) is 5.70. The maximum Gasteiger partial charge on any atom is 0.345 e. The van der Waals surface area contributed by atoms with E-state index in [1.165, 1.54) is 0 Å². The van der Waals surface area contributed by atoms with E-state index in [0.717, 1.165) is 38.5 Å². The predicted molar refractivity (Wildman–Crippen MR) is 88.8 cm³/mol. The van der Waals surface area contributed by atoms with E-state index in [-0.39, 0.29) is 18.7 Å². The van der Waals surface area contributed by atoms with E-state index in [1.54, 1.807) is 0 Å². The van der Waals surface area contributed by atoms with Gasteiger partial charge in [-0.05, 0) is 51.9 Å². The second-order valence-electron chi connectivity index (χ2n) is 7.36. The Morgan fingerprint density at radius 1 is 1.35 bits per heavy atom. The summed E-state index contributed by atoms with van der Waals surface area (Å²) in [5.74, 6) is 0.184. The first-order valence-electron chi connectivity index (χ1n) is 9.00. The lowest BCUT2D eigenvalue weighted by atomic mass is 9.88. The Kier molecular flexibility index (Phi) is 7.98. The van der Waals surface area contributed by atoms with Gasteiger partial charge in [-0.3, -0.25) is 0 Å². The van der Waals surface area contributed by atoms with Gasteiger partial charge in [0.05, 0.1) is 0 Å². The van der Waals surface area contributed by atoms with Crippen LogP contribution >= 0.6 is 0 Å². The van der Waals surface area contributed by atoms with Crippen LogP contribution in [-0.2, 0) is 19.3 Å². The molecule has 0 radical (unpaired) electrons. The number of ether oxygens (including phenoxy) is 1. The van der Waals surface area contributed by atoms with Gasteiger partial charge in [-0.1, -0.05) is 33.6 Å². The van der Waals surface area contributed by atoms with Crippen LogP contribution in [0, 0.1) is 5.92 Å². The zero-order valence-corrected chi connectivity index (χ0v) is 15.4. The van der Waals surface area contributed by atoms with Crippen LogP contribution in [0.4, 0.5) is 0 Å². The highest BCUT2D eigenvalue weighted by atomic mass is 17.3. The number of aliphatic hydroxyl groups is 1. The molecule has 5 nitrogen and oxygen atoms in total. The number of esters is 1. The molecule has 1 aliphatic rings. The fourth-order valence-electron chi connectivity index (χ4n) is 3.00. The number of hydrogen-bond donors (Lipinski definition) is 1. The van der Waals surface area contributed by atoms with E-state index in [1.807, 2.05) is 20.8 Å². The van der Waals surface area contributed by atoms with Crippen LogP contribution in [0.2, 0.25) is 0 Å². The molecule has 3 unspecified atom stereocenters. The Labute approximate surface area is 140 Å². The Morgan fingerprint density at radius 2 is 2.04 bits per heavy atom. The summed E-state index contributed by atoms with van der Waals surface area (Å²) in [5, 5.41) is 8.94. The summed E-state index contributed by atoms with van der Waals surface area (Å²) in [5.41, 5.74) is -1.45. The van der Waals surface area contributed by atoms with Crippen LogP contribution in [0.1, 0.15) is 79.6 Å². The molecule has 0 saturated carbocycles. The van der Waals surface area contributed by atoms with Gasteiger partial charge in [0.1, 0.15) is 11.7 Å². The topological polar surface area (TPSA) is 65.0 Å². The molecule has 0 aliphatic carbocycles. The average molecular weight is 330 g/mol. The highest BCUT2D eigenvalue weighted by Gasteiger charge is 2.58. The number of rotatable bonds is 11.